The van der Waals surface area contributed by atoms with Gasteiger partial charge in [-0.25, -0.2) is 0 Å². The fraction of sp³-hybridized carbons (Fsp3) is 0.423. The number of hydrogen-bond acceptors (Lipinski definition) is 4. The van der Waals surface area contributed by atoms with Crippen molar-refractivity contribution >= 4 is 29.1 Å². The minimum absolute atomic E-state index is 0.00677. The van der Waals surface area contributed by atoms with Crippen molar-refractivity contribution in [2.45, 2.75) is 45.1 Å². The molecule has 2 heterocycles. The molecule has 1 N–H and O–H groups in total. The Morgan fingerprint density at radius 3 is 2.39 bits per heavy atom. The van der Waals surface area contributed by atoms with E-state index in [1.54, 1.807) is 12.0 Å². The standard InChI is InChI=1S/C26H31N3O4/c1-3-4-15-29-24(31)17-22(25(29)18-7-13-21(33-2)14-8-18)26(32)27-19-9-11-20(12-10-19)28-16-5-6-23(28)30/h7-14,22,25H,3-6,15-17H2,1-2H3,(H,27,32)/t22-,25-/m0/s1. The molecule has 0 spiro atoms. The van der Waals surface area contributed by atoms with E-state index in [2.05, 4.69) is 12.2 Å². The van der Waals surface area contributed by atoms with Crippen molar-refractivity contribution in [2.24, 2.45) is 5.92 Å². The van der Waals surface area contributed by atoms with Crippen LogP contribution in [-0.2, 0) is 14.4 Å². The number of amides is 3. The van der Waals surface area contributed by atoms with Crippen LogP contribution in [0.15, 0.2) is 48.5 Å². The lowest BCUT2D eigenvalue weighted by atomic mass is 9.92. The van der Waals surface area contributed by atoms with Gasteiger partial charge in [0.1, 0.15) is 5.75 Å². The number of nitrogens with one attached hydrogen (secondary N) is 1. The molecule has 0 radical (unpaired) electrons. The largest absolute Gasteiger partial charge is 0.497 e. The summed E-state index contributed by atoms with van der Waals surface area (Å²) < 4.78 is 5.27. The van der Waals surface area contributed by atoms with Gasteiger partial charge in [-0.15, -0.1) is 0 Å². The van der Waals surface area contributed by atoms with E-state index in [1.807, 2.05) is 53.4 Å². The van der Waals surface area contributed by atoms with E-state index in [9.17, 15) is 14.4 Å². The monoisotopic (exact) mass is 449 g/mol. The molecule has 2 saturated heterocycles. The van der Waals surface area contributed by atoms with Gasteiger partial charge in [-0.2, -0.15) is 0 Å². The van der Waals surface area contributed by atoms with Gasteiger partial charge in [0.25, 0.3) is 0 Å². The summed E-state index contributed by atoms with van der Waals surface area (Å²) in [5, 5.41) is 2.99. The molecule has 0 aliphatic carbocycles. The zero-order valence-electron chi connectivity index (χ0n) is 19.3. The lowest BCUT2D eigenvalue weighted by molar-refractivity contribution is -0.129. The van der Waals surface area contributed by atoms with E-state index in [-0.39, 0.29) is 30.2 Å². The summed E-state index contributed by atoms with van der Waals surface area (Å²) in [6.45, 7) is 3.45. The normalized spacial score (nSPS) is 20.4. The van der Waals surface area contributed by atoms with Crippen LogP contribution in [0.5, 0.6) is 5.75 Å². The molecule has 3 amide bonds. The Balaban J connectivity index is 1.52. The molecule has 174 valence electrons. The molecule has 0 unspecified atom stereocenters. The molecule has 2 fully saturated rings. The van der Waals surface area contributed by atoms with Crippen LogP contribution in [0.4, 0.5) is 11.4 Å². The fourth-order valence-electron chi connectivity index (χ4n) is 4.71. The molecule has 0 saturated carbocycles. The molecule has 2 aromatic carbocycles. The Kier molecular flexibility index (Phi) is 6.96. The molecule has 2 atom stereocenters. The molecule has 2 aliphatic rings. The van der Waals surface area contributed by atoms with Crippen LogP contribution in [0, 0.1) is 5.92 Å². The van der Waals surface area contributed by atoms with Crippen molar-refractivity contribution in [3.63, 3.8) is 0 Å². The molecule has 0 aromatic heterocycles. The smallest absolute Gasteiger partial charge is 0.230 e. The predicted octanol–water partition coefficient (Wildman–Crippen LogP) is 4.15. The van der Waals surface area contributed by atoms with Crippen LogP contribution in [0.25, 0.3) is 0 Å². The highest BCUT2D eigenvalue weighted by atomic mass is 16.5. The number of unbranched alkanes of at least 4 members (excludes halogenated alkanes) is 1. The van der Waals surface area contributed by atoms with Crippen LogP contribution in [-0.4, -0.2) is 42.8 Å². The Morgan fingerprint density at radius 2 is 1.79 bits per heavy atom. The van der Waals surface area contributed by atoms with E-state index < -0.39 is 5.92 Å². The van der Waals surface area contributed by atoms with E-state index in [4.69, 9.17) is 4.74 Å². The molecule has 2 aliphatic heterocycles. The first-order chi connectivity index (χ1) is 16.0. The number of hydrogen-bond donors (Lipinski definition) is 1. The van der Waals surface area contributed by atoms with Gasteiger partial charge in [0.05, 0.1) is 19.1 Å². The van der Waals surface area contributed by atoms with E-state index in [0.717, 1.165) is 42.8 Å². The SMILES string of the molecule is CCCCN1C(=O)C[C@H](C(=O)Nc2ccc(N3CCCC3=O)cc2)[C@@H]1c1ccc(OC)cc1. The maximum Gasteiger partial charge on any atom is 0.230 e. The molecule has 4 rings (SSSR count). The molecule has 0 bridgehead atoms. The van der Waals surface area contributed by atoms with E-state index in [0.29, 0.717) is 18.7 Å². The second-order valence-corrected chi connectivity index (χ2v) is 8.65. The highest BCUT2D eigenvalue weighted by molar-refractivity contribution is 5.99. The number of ether oxygens (including phenoxy) is 1. The number of carbonyl (C=O) groups excluding carboxylic acids is 3. The van der Waals surface area contributed by atoms with Gasteiger partial charge in [-0.1, -0.05) is 25.5 Å². The van der Waals surface area contributed by atoms with Crippen molar-refractivity contribution in [1.82, 2.24) is 4.90 Å². The Morgan fingerprint density at radius 1 is 1.06 bits per heavy atom. The van der Waals surface area contributed by atoms with Crippen molar-refractivity contribution in [2.75, 3.05) is 30.4 Å². The number of nitrogens with zero attached hydrogens (tertiary/aromatic N) is 2. The number of benzene rings is 2. The first-order valence-electron chi connectivity index (χ1n) is 11.7. The minimum atomic E-state index is -0.484. The molecule has 7 heteroatoms. The summed E-state index contributed by atoms with van der Waals surface area (Å²) in [5.41, 5.74) is 2.43. The highest BCUT2D eigenvalue weighted by Crippen LogP contribution is 2.39. The summed E-state index contributed by atoms with van der Waals surface area (Å²) in [7, 11) is 1.61. The average Bonchev–Trinajstić information content (AvgIpc) is 3.41. The first kappa shape index (κ1) is 22.8. The summed E-state index contributed by atoms with van der Waals surface area (Å²) in [6.07, 6.45) is 3.50. The lowest BCUT2D eigenvalue weighted by Crippen LogP contribution is -2.33. The molecule has 7 nitrogen and oxygen atoms in total. The second-order valence-electron chi connectivity index (χ2n) is 8.65. The fourth-order valence-corrected chi connectivity index (χ4v) is 4.71. The predicted molar refractivity (Wildman–Crippen MR) is 127 cm³/mol. The highest BCUT2D eigenvalue weighted by Gasteiger charge is 2.44. The summed E-state index contributed by atoms with van der Waals surface area (Å²) in [6, 6.07) is 14.6. The summed E-state index contributed by atoms with van der Waals surface area (Å²) >= 11 is 0. The van der Waals surface area contributed by atoms with Gasteiger partial charge in [0, 0.05) is 37.3 Å². The molecule has 2 aromatic rings. The van der Waals surface area contributed by atoms with Gasteiger partial charge in [-0.05, 0) is 54.8 Å². The van der Waals surface area contributed by atoms with Crippen LogP contribution in [0.3, 0.4) is 0 Å². The number of carbonyl (C=O) groups is 3. The third kappa shape index (κ3) is 4.87. The van der Waals surface area contributed by atoms with E-state index in [1.165, 1.54) is 0 Å². The van der Waals surface area contributed by atoms with E-state index >= 15 is 0 Å². The zero-order valence-corrected chi connectivity index (χ0v) is 19.3. The third-order valence-corrected chi connectivity index (χ3v) is 6.50. The average molecular weight is 450 g/mol. The van der Waals surface area contributed by atoms with Crippen LogP contribution in [0.2, 0.25) is 0 Å². The summed E-state index contributed by atoms with van der Waals surface area (Å²) in [4.78, 5) is 41.7. The maximum atomic E-state index is 13.3. The zero-order chi connectivity index (χ0) is 23.4. The second kappa shape index (κ2) is 10.1. The molecule has 33 heavy (non-hydrogen) atoms. The van der Waals surface area contributed by atoms with Crippen molar-refractivity contribution in [1.29, 1.82) is 0 Å². The molecular formula is C26H31N3O4. The van der Waals surface area contributed by atoms with Gasteiger partial charge < -0.3 is 19.9 Å². The molecular weight excluding hydrogens is 418 g/mol. The number of rotatable bonds is 8. The van der Waals surface area contributed by atoms with Gasteiger partial charge in [-0.3, -0.25) is 14.4 Å². The third-order valence-electron chi connectivity index (χ3n) is 6.50. The van der Waals surface area contributed by atoms with Gasteiger partial charge in [0.15, 0.2) is 0 Å². The van der Waals surface area contributed by atoms with Crippen LogP contribution < -0.4 is 15.0 Å². The van der Waals surface area contributed by atoms with Crippen molar-refractivity contribution < 1.29 is 19.1 Å². The number of likely N-dealkylation sites (tertiary alicyclic amines) is 1. The van der Waals surface area contributed by atoms with Crippen LogP contribution in [0.1, 0.15) is 50.6 Å². The Labute approximate surface area is 194 Å². The quantitative estimate of drug-likeness (QED) is 0.657. The minimum Gasteiger partial charge on any atom is -0.497 e. The lowest BCUT2D eigenvalue weighted by Gasteiger charge is -2.28. The topological polar surface area (TPSA) is 79.0 Å². The number of methoxy groups -OCH3 is 1. The first-order valence-corrected chi connectivity index (χ1v) is 11.7. The summed E-state index contributed by atoms with van der Waals surface area (Å²) in [5.74, 6) is 0.217. The van der Waals surface area contributed by atoms with Crippen molar-refractivity contribution in [3.05, 3.63) is 54.1 Å². The Bertz CT molecular complexity index is 1000. The van der Waals surface area contributed by atoms with Gasteiger partial charge >= 0.3 is 0 Å². The maximum absolute atomic E-state index is 13.3. The van der Waals surface area contributed by atoms with Crippen molar-refractivity contribution in [3.8, 4) is 5.75 Å². The van der Waals surface area contributed by atoms with Crippen LogP contribution >= 0.6 is 0 Å². The Hall–Kier alpha value is -3.35. The van der Waals surface area contributed by atoms with Gasteiger partial charge in [0.2, 0.25) is 17.7 Å². The number of anilines is 2.